The van der Waals surface area contributed by atoms with Crippen LogP contribution in [0.25, 0.3) is 16.0 Å². The van der Waals surface area contributed by atoms with Crippen LogP contribution in [0.4, 0.5) is 5.82 Å². The number of hydrogen-bond donors (Lipinski definition) is 3. The minimum atomic E-state index is -0.271. The van der Waals surface area contributed by atoms with Crippen LogP contribution in [0.3, 0.4) is 0 Å². The van der Waals surface area contributed by atoms with E-state index in [2.05, 4.69) is 52.5 Å². The molecule has 3 aromatic rings. The van der Waals surface area contributed by atoms with Crippen LogP contribution in [0.1, 0.15) is 39.5 Å². The van der Waals surface area contributed by atoms with E-state index in [-0.39, 0.29) is 23.9 Å². The minimum Gasteiger partial charge on any atom is -0.383 e. The molecule has 1 amide bonds. The smallest absolute Gasteiger partial charge is 0.255 e. The first-order valence-corrected chi connectivity index (χ1v) is 11.9. The van der Waals surface area contributed by atoms with E-state index >= 15 is 0 Å². The molecule has 35 heavy (non-hydrogen) atoms. The van der Waals surface area contributed by atoms with Gasteiger partial charge < -0.3 is 25.9 Å². The number of hydrogen-bond acceptors (Lipinski definition) is 5. The van der Waals surface area contributed by atoms with Gasteiger partial charge in [0.15, 0.2) is 0 Å². The van der Waals surface area contributed by atoms with Crippen LogP contribution >= 0.6 is 0 Å². The summed E-state index contributed by atoms with van der Waals surface area (Å²) < 4.78 is 6.19. The fourth-order valence-electron chi connectivity index (χ4n) is 4.33. The van der Waals surface area contributed by atoms with Crippen molar-refractivity contribution in [3.63, 3.8) is 0 Å². The normalized spacial score (nSPS) is 17.2. The molecule has 2 atom stereocenters. The van der Waals surface area contributed by atoms with Crippen LogP contribution in [0.15, 0.2) is 54.7 Å². The highest BCUT2D eigenvalue weighted by molar-refractivity contribution is 5.99. The summed E-state index contributed by atoms with van der Waals surface area (Å²) in [6.45, 7) is 13.4. The number of benzene rings is 2. The molecule has 1 saturated heterocycles. The number of anilines is 1. The molecule has 0 radical (unpaired) electrons. The van der Waals surface area contributed by atoms with Crippen LogP contribution in [-0.2, 0) is 24.3 Å². The maximum Gasteiger partial charge on any atom is 0.255 e. The first kappa shape index (κ1) is 24.4. The molecule has 0 spiro atoms. The molecule has 2 aromatic carbocycles. The minimum absolute atomic E-state index is 0.141. The Morgan fingerprint density at radius 2 is 1.94 bits per heavy atom. The van der Waals surface area contributed by atoms with Gasteiger partial charge >= 0.3 is 0 Å². The summed E-state index contributed by atoms with van der Waals surface area (Å²) in [4.78, 5) is 20.8. The molecule has 2 heterocycles. The van der Waals surface area contributed by atoms with Crippen molar-refractivity contribution >= 4 is 11.7 Å². The van der Waals surface area contributed by atoms with Gasteiger partial charge in [0, 0.05) is 30.4 Å². The zero-order valence-corrected chi connectivity index (χ0v) is 20.2. The fraction of sp³-hybridized carbons (Fsp3) is 0.321. The third-order valence-electron chi connectivity index (χ3n) is 6.45. The molecule has 4 rings (SSSR count). The highest BCUT2D eigenvalue weighted by atomic mass is 16.5. The van der Waals surface area contributed by atoms with Crippen molar-refractivity contribution in [3.8, 4) is 11.1 Å². The number of aromatic nitrogens is 1. The van der Waals surface area contributed by atoms with Crippen LogP contribution in [-0.4, -0.2) is 36.1 Å². The molecule has 0 aliphatic carbocycles. The number of aryl methyl sites for hydroxylation is 2. The van der Waals surface area contributed by atoms with Crippen molar-refractivity contribution < 1.29 is 9.53 Å². The zero-order chi connectivity index (χ0) is 24.8. The lowest BCUT2D eigenvalue weighted by molar-refractivity contribution is 0.0357. The van der Waals surface area contributed by atoms with Gasteiger partial charge in [-0.3, -0.25) is 4.79 Å². The van der Waals surface area contributed by atoms with Crippen LogP contribution < -0.4 is 16.4 Å². The van der Waals surface area contributed by atoms with Gasteiger partial charge in [-0.25, -0.2) is 11.6 Å². The molecule has 1 fully saturated rings. The molecule has 4 N–H and O–H groups in total. The number of nitrogens with two attached hydrogens (primary N) is 1. The van der Waals surface area contributed by atoms with E-state index in [9.17, 15) is 4.79 Å². The molecule has 1 aliphatic heterocycles. The molecule has 180 valence electrons. The Balaban J connectivity index is 1.43. The van der Waals surface area contributed by atoms with E-state index < -0.39 is 0 Å². The molecule has 7 heteroatoms. The van der Waals surface area contributed by atoms with E-state index in [1.807, 2.05) is 24.3 Å². The lowest BCUT2D eigenvalue weighted by Gasteiger charge is -2.21. The average Bonchev–Trinajstić information content (AvgIpc) is 3.31. The molecule has 1 aromatic heterocycles. The predicted molar refractivity (Wildman–Crippen MR) is 138 cm³/mol. The van der Waals surface area contributed by atoms with Gasteiger partial charge in [0.05, 0.1) is 24.3 Å². The first-order valence-electron chi connectivity index (χ1n) is 11.9. The molecule has 0 bridgehead atoms. The Morgan fingerprint density at radius 1 is 1.17 bits per heavy atom. The summed E-state index contributed by atoms with van der Waals surface area (Å²) in [5.74, 6) is -0.0848. The molecule has 1 aliphatic rings. The fourth-order valence-corrected chi connectivity index (χ4v) is 4.33. The van der Waals surface area contributed by atoms with Gasteiger partial charge in [-0.15, -0.1) is 0 Å². The number of pyridine rings is 1. The second-order valence-corrected chi connectivity index (χ2v) is 8.87. The summed E-state index contributed by atoms with van der Waals surface area (Å²) in [5.41, 5.74) is 12.8. The van der Waals surface area contributed by atoms with Gasteiger partial charge in [-0.1, -0.05) is 49.4 Å². The van der Waals surface area contributed by atoms with E-state index in [0.717, 1.165) is 28.7 Å². The third kappa shape index (κ3) is 5.86. The lowest BCUT2D eigenvalue weighted by atomic mass is 10.0. The lowest BCUT2D eigenvalue weighted by Crippen LogP contribution is -2.44. The maximum absolute atomic E-state index is 13.1. The number of carbonyl (C=O) groups is 1. The number of carbonyl (C=O) groups excluding carboxylic acids is 1. The summed E-state index contributed by atoms with van der Waals surface area (Å²) in [6.07, 6.45) is 2.51. The second-order valence-electron chi connectivity index (χ2n) is 8.87. The van der Waals surface area contributed by atoms with Crippen molar-refractivity contribution in [2.24, 2.45) is 0 Å². The molecule has 0 saturated carbocycles. The maximum atomic E-state index is 13.1. The molecule has 7 nitrogen and oxygen atoms in total. The molecular weight excluding hydrogens is 438 g/mol. The van der Waals surface area contributed by atoms with E-state index in [0.29, 0.717) is 31.8 Å². The summed E-state index contributed by atoms with van der Waals surface area (Å²) in [5, 5.41) is 6.39. The number of ether oxygens (including phenoxy) is 1. The Labute approximate surface area is 206 Å². The zero-order valence-electron chi connectivity index (χ0n) is 20.2. The number of nitrogens with zero attached hydrogens (tertiary/aromatic N) is 2. The Morgan fingerprint density at radius 3 is 2.69 bits per heavy atom. The molecular formula is C28H31N5O2. The predicted octanol–water partition coefficient (Wildman–Crippen LogP) is 3.91. The number of nitrogens with one attached hydrogen (secondary N) is 2. The Bertz CT molecular complexity index is 1230. The largest absolute Gasteiger partial charge is 0.383 e. The van der Waals surface area contributed by atoms with E-state index in [1.54, 1.807) is 12.3 Å². The quantitative estimate of drug-likeness (QED) is 0.435. The van der Waals surface area contributed by atoms with Gasteiger partial charge in [-0.2, -0.15) is 0 Å². The van der Waals surface area contributed by atoms with Gasteiger partial charge in [0.2, 0.25) is 6.54 Å². The standard InChI is InChI=1S/C28H31N5O2/c1-4-21-11-20(6-5-18(21)2)17-35-26-16-31-15-25(26)33-28(34)24-12-23(14-32-27(24)29)22-9-7-19(8-10-22)13-30-3/h5-12,14,25-26,31H,4,13,15-17H2,1-2H3,(H2,29,32)(H,33,34)/t25-,26-/m0/s1. The third-order valence-corrected chi connectivity index (χ3v) is 6.45. The van der Waals surface area contributed by atoms with E-state index in [1.165, 1.54) is 11.1 Å². The average molecular weight is 470 g/mol. The van der Waals surface area contributed by atoms with E-state index in [4.69, 9.17) is 17.0 Å². The Kier molecular flexibility index (Phi) is 7.76. The SMILES string of the molecule is [C-]#[N+]Cc1ccc(-c2cnc(N)c(C(=O)N[C@H]3CNC[C@@H]3OCc3ccc(C)c(CC)c3)c2)cc1. The highest BCUT2D eigenvalue weighted by Crippen LogP contribution is 2.23. The highest BCUT2D eigenvalue weighted by Gasteiger charge is 2.30. The Hall–Kier alpha value is -3.73. The van der Waals surface area contributed by atoms with Crippen molar-refractivity contribution in [1.29, 1.82) is 0 Å². The summed E-state index contributed by atoms with van der Waals surface area (Å²) in [7, 11) is 0. The number of nitrogen functional groups attached to an aromatic ring is 1. The summed E-state index contributed by atoms with van der Waals surface area (Å²) in [6, 6.07) is 15.7. The van der Waals surface area contributed by atoms with Crippen molar-refractivity contribution in [2.75, 3.05) is 18.8 Å². The van der Waals surface area contributed by atoms with Gasteiger partial charge in [0.1, 0.15) is 5.82 Å². The van der Waals surface area contributed by atoms with Crippen LogP contribution in [0.2, 0.25) is 0 Å². The summed E-state index contributed by atoms with van der Waals surface area (Å²) >= 11 is 0. The number of amides is 1. The van der Waals surface area contributed by atoms with Crippen LogP contribution in [0, 0.1) is 13.5 Å². The van der Waals surface area contributed by atoms with Gasteiger partial charge in [0.25, 0.3) is 5.91 Å². The first-order chi connectivity index (χ1) is 17.0. The van der Waals surface area contributed by atoms with Crippen LogP contribution in [0.5, 0.6) is 0 Å². The topological polar surface area (TPSA) is 93.6 Å². The second kappa shape index (κ2) is 11.1. The molecule has 0 unspecified atom stereocenters. The number of rotatable bonds is 8. The van der Waals surface area contributed by atoms with Gasteiger partial charge in [-0.05, 0) is 41.7 Å². The van der Waals surface area contributed by atoms with Crippen molar-refractivity contribution in [1.82, 2.24) is 15.6 Å². The van der Waals surface area contributed by atoms with Crippen molar-refractivity contribution in [2.45, 2.75) is 45.6 Å². The monoisotopic (exact) mass is 469 g/mol. The van der Waals surface area contributed by atoms with Crippen molar-refractivity contribution in [3.05, 3.63) is 94.0 Å².